The van der Waals surface area contributed by atoms with Gasteiger partial charge in [0, 0.05) is 32.6 Å². The molecule has 0 aliphatic heterocycles. The van der Waals surface area contributed by atoms with Crippen molar-refractivity contribution >= 4 is 13.7 Å². The van der Waals surface area contributed by atoms with E-state index in [4.69, 9.17) is 14.6 Å². The van der Waals surface area contributed by atoms with Crippen molar-refractivity contribution in [1.29, 1.82) is 0 Å². The van der Waals surface area contributed by atoms with E-state index in [9.17, 15) is 0 Å². The lowest BCUT2D eigenvalue weighted by Crippen LogP contribution is -2.22. The Kier molecular flexibility index (Phi) is 6.78. The van der Waals surface area contributed by atoms with E-state index < -0.39 is 8.07 Å². The fourth-order valence-electron chi connectivity index (χ4n) is 3.49. The number of rotatable bonds is 10. The van der Waals surface area contributed by atoms with Crippen molar-refractivity contribution in [3.05, 3.63) is 67.1 Å². The van der Waals surface area contributed by atoms with Crippen LogP contribution in [0.3, 0.4) is 0 Å². The van der Waals surface area contributed by atoms with Gasteiger partial charge in [-0.25, -0.2) is 14.6 Å². The lowest BCUT2D eigenvalue weighted by Gasteiger charge is -2.15. The molecule has 0 radical (unpaired) electrons. The van der Waals surface area contributed by atoms with Crippen molar-refractivity contribution in [2.45, 2.75) is 39.0 Å². The number of aromatic nitrogens is 9. The highest BCUT2D eigenvalue weighted by molar-refractivity contribution is 6.76. The van der Waals surface area contributed by atoms with E-state index >= 15 is 0 Å². The van der Waals surface area contributed by atoms with Crippen LogP contribution in [0.5, 0.6) is 5.88 Å². The average molecular weight is 502 g/mol. The van der Waals surface area contributed by atoms with E-state index in [1.165, 1.54) is 6.33 Å². The molecule has 5 aromatic rings. The predicted molar refractivity (Wildman–Crippen MR) is 136 cm³/mol. The summed E-state index contributed by atoms with van der Waals surface area (Å²) in [6.07, 6.45) is 6.33. The molecule has 0 unspecified atom stereocenters. The summed E-state index contributed by atoms with van der Waals surface area (Å²) in [5.41, 5.74) is 2.87. The summed E-state index contributed by atoms with van der Waals surface area (Å²) in [6.45, 7) is 8.16. The Labute approximate surface area is 209 Å². The SMILES string of the molecule is C[Si](C)(C)CCOCn1ncnc1COc1nn2c(-c3cnccn3)nnc2cc1-c1ccccc1. The number of fused-ring (bicyclic) bond motifs is 1. The quantitative estimate of drug-likeness (QED) is 0.208. The first-order valence-corrected chi connectivity index (χ1v) is 15.3. The minimum Gasteiger partial charge on any atom is -0.468 e. The molecule has 4 heterocycles. The van der Waals surface area contributed by atoms with Crippen molar-refractivity contribution in [3.8, 4) is 28.5 Å². The summed E-state index contributed by atoms with van der Waals surface area (Å²) in [4.78, 5) is 12.8. The van der Waals surface area contributed by atoms with Crippen LogP contribution >= 0.6 is 0 Å². The second-order valence-corrected chi connectivity index (χ2v) is 15.0. The summed E-state index contributed by atoms with van der Waals surface area (Å²) in [7, 11) is -1.16. The van der Waals surface area contributed by atoms with E-state index in [-0.39, 0.29) is 6.61 Å². The molecular weight excluding hydrogens is 474 g/mol. The van der Waals surface area contributed by atoms with Crippen molar-refractivity contribution in [1.82, 2.24) is 44.5 Å². The van der Waals surface area contributed by atoms with E-state index in [1.807, 2.05) is 36.4 Å². The van der Waals surface area contributed by atoms with Crippen molar-refractivity contribution < 1.29 is 9.47 Å². The molecule has 12 heteroatoms. The molecule has 0 N–H and O–H groups in total. The van der Waals surface area contributed by atoms with Crippen LogP contribution < -0.4 is 4.74 Å². The zero-order chi connectivity index (χ0) is 25.0. The first kappa shape index (κ1) is 23.7. The maximum absolute atomic E-state index is 6.21. The van der Waals surface area contributed by atoms with Gasteiger partial charge in [0.05, 0.1) is 6.20 Å². The standard InChI is InChI=1S/C24H27N9O2Si/c1-36(2,3)12-11-34-17-32-22(27-16-28-32)15-35-24-19(18-7-5-4-6-8-18)13-21-29-30-23(33(21)31-24)20-14-25-9-10-26-20/h4-10,13-14,16H,11-12,15,17H2,1-3H3. The molecule has 11 nitrogen and oxygen atoms in total. The molecule has 184 valence electrons. The molecule has 4 aromatic heterocycles. The zero-order valence-corrected chi connectivity index (χ0v) is 21.4. The molecule has 0 bridgehead atoms. The second-order valence-electron chi connectivity index (χ2n) is 9.43. The monoisotopic (exact) mass is 501 g/mol. The van der Waals surface area contributed by atoms with Crippen molar-refractivity contribution in [3.63, 3.8) is 0 Å². The third-order valence-electron chi connectivity index (χ3n) is 5.48. The highest BCUT2D eigenvalue weighted by atomic mass is 28.3. The van der Waals surface area contributed by atoms with Crippen LogP contribution in [0.4, 0.5) is 0 Å². The molecule has 0 saturated carbocycles. The van der Waals surface area contributed by atoms with Gasteiger partial charge < -0.3 is 9.47 Å². The van der Waals surface area contributed by atoms with Crippen LogP contribution in [0.2, 0.25) is 25.7 Å². The highest BCUT2D eigenvalue weighted by Crippen LogP contribution is 2.30. The summed E-state index contributed by atoms with van der Waals surface area (Å²) in [5.74, 6) is 1.52. The summed E-state index contributed by atoms with van der Waals surface area (Å²) < 4.78 is 15.4. The van der Waals surface area contributed by atoms with Crippen molar-refractivity contribution in [2.24, 2.45) is 0 Å². The van der Waals surface area contributed by atoms with Crippen LogP contribution in [0.1, 0.15) is 5.82 Å². The van der Waals surface area contributed by atoms with Gasteiger partial charge in [0.1, 0.15) is 25.4 Å². The summed E-state index contributed by atoms with van der Waals surface area (Å²) in [6, 6.07) is 12.9. The lowest BCUT2D eigenvalue weighted by atomic mass is 10.1. The Bertz CT molecular complexity index is 1430. The fraction of sp³-hybridized carbons (Fsp3) is 0.292. The molecule has 0 atom stereocenters. The smallest absolute Gasteiger partial charge is 0.240 e. The van der Waals surface area contributed by atoms with Crippen LogP contribution in [0, 0.1) is 0 Å². The van der Waals surface area contributed by atoms with Gasteiger partial charge in [-0.05, 0) is 17.7 Å². The molecule has 0 saturated heterocycles. The second kappa shape index (κ2) is 10.3. The van der Waals surface area contributed by atoms with Gasteiger partial charge in [0.2, 0.25) is 11.7 Å². The van der Waals surface area contributed by atoms with Gasteiger partial charge in [-0.2, -0.15) is 9.61 Å². The maximum Gasteiger partial charge on any atom is 0.240 e. The molecule has 1 aromatic carbocycles. The van der Waals surface area contributed by atoms with E-state index in [2.05, 4.69) is 49.9 Å². The van der Waals surface area contributed by atoms with Gasteiger partial charge in [-0.3, -0.25) is 4.98 Å². The van der Waals surface area contributed by atoms with Crippen LogP contribution in [0.15, 0.2) is 61.3 Å². The molecule has 36 heavy (non-hydrogen) atoms. The Hall–Kier alpha value is -4.03. The zero-order valence-electron chi connectivity index (χ0n) is 20.4. The molecule has 0 amide bonds. The molecular formula is C24H27N9O2Si. The molecule has 0 aliphatic carbocycles. The summed E-state index contributed by atoms with van der Waals surface area (Å²) in [5, 5.41) is 17.6. The van der Waals surface area contributed by atoms with Crippen LogP contribution in [0.25, 0.3) is 28.3 Å². The lowest BCUT2D eigenvalue weighted by molar-refractivity contribution is 0.0731. The predicted octanol–water partition coefficient (Wildman–Crippen LogP) is 3.73. The minimum atomic E-state index is -1.16. The van der Waals surface area contributed by atoms with Gasteiger partial charge >= 0.3 is 0 Å². The minimum absolute atomic E-state index is 0.165. The normalized spacial score (nSPS) is 11.8. The van der Waals surface area contributed by atoms with Gasteiger partial charge in [0.25, 0.3) is 0 Å². The third-order valence-corrected chi connectivity index (χ3v) is 7.18. The van der Waals surface area contributed by atoms with E-state index in [1.54, 1.807) is 27.8 Å². The molecule has 5 rings (SSSR count). The number of hydrogen-bond donors (Lipinski definition) is 0. The molecule has 0 aliphatic rings. The number of benzene rings is 1. The fourth-order valence-corrected chi connectivity index (χ4v) is 4.25. The van der Waals surface area contributed by atoms with E-state index in [0.29, 0.717) is 42.2 Å². The first-order chi connectivity index (χ1) is 17.5. The van der Waals surface area contributed by atoms with Crippen molar-refractivity contribution in [2.75, 3.05) is 6.61 Å². The molecule has 0 spiro atoms. The number of ether oxygens (including phenoxy) is 2. The Morgan fingerprint density at radius 1 is 1.00 bits per heavy atom. The number of nitrogens with zero attached hydrogens (tertiary/aromatic N) is 9. The van der Waals surface area contributed by atoms with Crippen LogP contribution in [-0.2, 0) is 18.1 Å². The van der Waals surface area contributed by atoms with E-state index in [0.717, 1.165) is 17.2 Å². The maximum atomic E-state index is 6.21. The Morgan fingerprint density at radius 2 is 1.86 bits per heavy atom. The highest BCUT2D eigenvalue weighted by Gasteiger charge is 2.18. The molecule has 0 fully saturated rings. The first-order valence-electron chi connectivity index (χ1n) is 11.6. The van der Waals surface area contributed by atoms with Crippen LogP contribution in [-0.4, -0.2) is 59.2 Å². The van der Waals surface area contributed by atoms with Gasteiger partial charge in [-0.15, -0.1) is 15.3 Å². The Morgan fingerprint density at radius 3 is 2.64 bits per heavy atom. The largest absolute Gasteiger partial charge is 0.468 e. The van der Waals surface area contributed by atoms with Gasteiger partial charge in [-0.1, -0.05) is 50.0 Å². The van der Waals surface area contributed by atoms with Gasteiger partial charge in [0.15, 0.2) is 11.5 Å². The topological polar surface area (TPSA) is 118 Å². The number of hydrogen-bond acceptors (Lipinski definition) is 9. The summed E-state index contributed by atoms with van der Waals surface area (Å²) >= 11 is 0. The Balaban J connectivity index is 1.42. The third kappa shape index (κ3) is 5.44. The average Bonchev–Trinajstić information content (AvgIpc) is 3.51.